The fourth-order valence-electron chi connectivity index (χ4n) is 1.10. The minimum atomic E-state index is -0.0958. The summed E-state index contributed by atoms with van der Waals surface area (Å²) in [6.45, 7) is 0. The van der Waals surface area contributed by atoms with Crippen molar-refractivity contribution in [3.8, 4) is 0 Å². The van der Waals surface area contributed by atoms with Crippen molar-refractivity contribution in [3.05, 3.63) is 50.8 Å². The number of H-pyrrole nitrogens is 1. The van der Waals surface area contributed by atoms with Gasteiger partial charge in [-0.3, -0.25) is 4.79 Å². The lowest BCUT2D eigenvalue weighted by atomic mass is 10.2. The quantitative estimate of drug-likeness (QED) is 0.782. The molecule has 2 aromatic heterocycles. The molecule has 66 valence electrons. The molecule has 0 amide bonds. The Bertz CT molecular complexity index is 433. The molecular formula is C9H8N2OS. The molecule has 13 heavy (non-hydrogen) atoms. The van der Waals surface area contributed by atoms with Crippen LogP contribution in [0.2, 0.25) is 0 Å². The summed E-state index contributed by atoms with van der Waals surface area (Å²) in [7, 11) is 0. The van der Waals surface area contributed by atoms with E-state index in [1.807, 2.05) is 17.5 Å². The normalized spacial score (nSPS) is 10.2. The number of aromatic nitrogens is 2. The van der Waals surface area contributed by atoms with E-state index in [9.17, 15) is 4.79 Å². The second-order valence-electron chi connectivity index (χ2n) is 2.66. The lowest BCUT2D eigenvalue weighted by Gasteiger charge is -1.94. The topological polar surface area (TPSA) is 45.8 Å². The van der Waals surface area contributed by atoms with Crippen molar-refractivity contribution in [1.29, 1.82) is 0 Å². The molecule has 0 unspecified atom stereocenters. The molecule has 0 aliphatic heterocycles. The van der Waals surface area contributed by atoms with E-state index in [-0.39, 0.29) is 5.56 Å². The zero-order valence-corrected chi connectivity index (χ0v) is 7.67. The van der Waals surface area contributed by atoms with Crippen molar-refractivity contribution in [2.45, 2.75) is 6.42 Å². The Kier molecular flexibility index (Phi) is 2.23. The number of nitrogens with one attached hydrogen (secondary N) is 1. The van der Waals surface area contributed by atoms with Crippen LogP contribution in [-0.4, -0.2) is 9.97 Å². The first-order chi connectivity index (χ1) is 6.34. The van der Waals surface area contributed by atoms with Gasteiger partial charge in [0.1, 0.15) is 0 Å². The van der Waals surface area contributed by atoms with Gasteiger partial charge in [-0.05, 0) is 11.4 Å². The first kappa shape index (κ1) is 8.19. The van der Waals surface area contributed by atoms with E-state index in [4.69, 9.17) is 0 Å². The first-order valence-electron chi connectivity index (χ1n) is 3.90. The highest BCUT2D eigenvalue weighted by Gasteiger charge is 1.98. The predicted octanol–water partition coefficient (Wildman–Crippen LogP) is 1.42. The Balaban J connectivity index is 2.24. The van der Waals surface area contributed by atoms with Crippen LogP contribution in [0.15, 0.2) is 34.7 Å². The maximum absolute atomic E-state index is 10.9. The summed E-state index contributed by atoms with van der Waals surface area (Å²) in [4.78, 5) is 18.7. The van der Waals surface area contributed by atoms with Gasteiger partial charge in [0.05, 0.1) is 12.0 Å². The highest BCUT2D eigenvalue weighted by molar-refractivity contribution is 7.09. The molecule has 0 saturated heterocycles. The molecule has 2 aromatic rings. The van der Waals surface area contributed by atoms with Gasteiger partial charge in [-0.15, -0.1) is 11.3 Å². The molecular weight excluding hydrogens is 184 g/mol. The summed E-state index contributed by atoms with van der Waals surface area (Å²) >= 11 is 1.67. The van der Waals surface area contributed by atoms with Crippen LogP contribution in [0.4, 0.5) is 0 Å². The number of nitrogens with zero attached hydrogens (tertiary/aromatic N) is 1. The SMILES string of the molecule is O=c1cc(Cc2cccs2)nc[nH]1. The number of rotatable bonds is 2. The summed E-state index contributed by atoms with van der Waals surface area (Å²) in [5, 5.41) is 2.02. The molecule has 0 spiro atoms. The van der Waals surface area contributed by atoms with Crippen molar-refractivity contribution in [2.75, 3.05) is 0 Å². The Hall–Kier alpha value is -1.42. The average molecular weight is 192 g/mol. The smallest absolute Gasteiger partial charge is 0.250 e. The van der Waals surface area contributed by atoms with Gasteiger partial charge in [-0.2, -0.15) is 0 Å². The van der Waals surface area contributed by atoms with Gasteiger partial charge in [0.25, 0.3) is 5.56 Å². The Morgan fingerprint density at radius 3 is 3.15 bits per heavy atom. The first-order valence-corrected chi connectivity index (χ1v) is 4.78. The van der Waals surface area contributed by atoms with E-state index in [1.54, 1.807) is 11.3 Å². The highest BCUT2D eigenvalue weighted by Crippen LogP contribution is 2.11. The van der Waals surface area contributed by atoms with Gasteiger partial charge < -0.3 is 4.98 Å². The zero-order chi connectivity index (χ0) is 9.10. The molecule has 3 nitrogen and oxygen atoms in total. The molecule has 0 bridgehead atoms. The molecule has 0 saturated carbocycles. The lowest BCUT2D eigenvalue weighted by Crippen LogP contribution is -2.06. The minimum absolute atomic E-state index is 0.0958. The summed E-state index contributed by atoms with van der Waals surface area (Å²) < 4.78 is 0. The zero-order valence-electron chi connectivity index (χ0n) is 6.86. The minimum Gasteiger partial charge on any atom is -0.313 e. The maximum atomic E-state index is 10.9. The van der Waals surface area contributed by atoms with Crippen molar-refractivity contribution < 1.29 is 0 Å². The van der Waals surface area contributed by atoms with Crippen LogP contribution in [-0.2, 0) is 6.42 Å². The van der Waals surface area contributed by atoms with Gasteiger partial charge in [0.15, 0.2) is 0 Å². The monoisotopic (exact) mass is 192 g/mol. The standard InChI is InChI=1S/C9H8N2OS/c12-9-5-7(10-6-11-9)4-8-2-1-3-13-8/h1-3,5-6H,4H2,(H,10,11,12). The van der Waals surface area contributed by atoms with E-state index in [0.29, 0.717) is 0 Å². The Labute approximate surface area is 79.1 Å². The van der Waals surface area contributed by atoms with E-state index in [0.717, 1.165) is 12.1 Å². The van der Waals surface area contributed by atoms with Crippen LogP contribution >= 0.6 is 11.3 Å². The van der Waals surface area contributed by atoms with Crippen molar-refractivity contribution in [2.24, 2.45) is 0 Å². The van der Waals surface area contributed by atoms with Gasteiger partial charge in [0.2, 0.25) is 0 Å². The van der Waals surface area contributed by atoms with E-state index in [1.165, 1.54) is 17.3 Å². The third-order valence-electron chi connectivity index (χ3n) is 1.67. The molecule has 0 aliphatic rings. The molecule has 0 fully saturated rings. The average Bonchev–Trinajstić information content (AvgIpc) is 2.57. The Morgan fingerprint density at radius 2 is 2.46 bits per heavy atom. The third-order valence-corrected chi connectivity index (χ3v) is 2.55. The predicted molar refractivity (Wildman–Crippen MR) is 52.0 cm³/mol. The fourth-order valence-corrected chi connectivity index (χ4v) is 1.82. The van der Waals surface area contributed by atoms with E-state index >= 15 is 0 Å². The van der Waals surface area contributed by atoms with Gasteiger partial charge >= 0.3 is 0 Å². The Morgan fingerprint density at radius 1 is 1.54 bits per heavy atom. The van der Waals surface area contributed by atoms with Crippen LogP contribution in [0.3, 0.4) is 0 Å². The number of thiophene rings is 1. The van der Waals surface area contributed by atoms with E-state index in [2.05, 4.69) is 9.97 Å². The molecule has 0 atom stereocenters. The second-order valence-corrected chi connectivity index (χ2v) is 3.69. The largest absolute Gasteiger partial charge is 0.313 e. The summed E-state index contributed by atoms with van der Waals surface area (Å²) in [5.41, 5.74) is 0.716. The van der Waals surface area contributed by atoms with Crippen LogP contribution in [0, 0.1) is 0 Å². The van der Waals surface area contributed by atoms with Crippen molar-refractivity contribution in [3.63, 3.8) is 0 Å². The molecule has 2 heterocycles. The molecule has 0 aromatic carbocycles. The summed E-state index contributed by atoms with van der Waals surface area (Å²) in [5.74, 6) is 0. The molecule has 0 radical (unpaired) electrons. The molecule has 1 N–H and O–H groups in total. The van der Waals surface area contributed by atoms with Crippen LogP contribution in [0.1, 0.15) is 10.6 Å². The van der Waals surface area contributed by atoms with Crippen LogP contribution < -0.4 is 5.56 Å². The second kappa shape index (κ2) is 3.53. The van der Waals surface area contributed by atoms with Crippen LogP contribution in [0.25, 0.3) is 0 Å². The molecule has 2 rings (SSSR count). The van der Waals surface area contributed by atoms with Gasteiger partial charge in [-0.1, -0.05) is 6.07 Å². The maximum Gasteiger partial charge on any atom is 0.250 e. The van der Waals surface area contributed by atoms with Crippen molar-refractivity contribution >= 4 is 11.3 Å². The third kappa shape index (κ3) is 2.03. The molecule has 0 aliphatic carbocycles. The highest BCUT2D eigenvalue weighted by atomic mass is 32.1. The van der Waals surface area contributed by atoms with Gasteiger partial charge in [-0.25, -0.2) is 4.98 Å². The van der Waals surface area contributed by atoms with Crippen molar-refractivity contribution in [1.82, 2.24) is 9.97 Å². The summed E-state index contributed by atoms with van der Waals surface area (Å²) in [6, 6.07) is 5.56. The van der Waals surface area contributed by atoms with Crippen LogP contribution in [0.5, 0.6) is 0 Å². The number of hydrogen-bond acceptors (Lipinski definition) is 3. The summed E-state index contributed by atoms with van der Waals surface area (Å²) in [6.07, 6.45) is 2.17. The molecule has 4 heteroatoms. The van der Waals surface area contributed by atoms with Gasteiger partial charge in [0, 0.05) is 17.4 Å². The van der Waals surface area contributed by atoms with E-state index < -0.39 is 0 Å². The number of aromatic amines is 1. The fraction of sp³-hybridized carbons (Fsp3) is 0.111. The number of hydrogen-bond donors (Lipinski definition) is 1. The lowest BCUT2D eigenvalue weighted by molar-refractivity contribution is 1.01.